The molecule has 0 aromatic heterocycles. The van der Waals surface area contributed by atoms with Crippen LogP contribution >= 0.6 is 11.8 Å². The van der Waals surface area contributed by atoms with Crippen molar-refractivity contribution < 1.29 is 8.42 Å². The van der Waals surface area contributed by atoms with E-state index in [9.17, 15) is 8.42 Å². The van der Waals surface area contributed by atoms with Crippen LogP contribution in [-0.4, -0.2) is 50.5 Å². The molecule has 1 unspecified atom stereocenters. The molecule has 4 nitrogen and oxygen atoms in total. The number of rotatable bonds is 5. The van der Waals surface area contributed by atoms with E-state index in [4.69, 9.17) is 0 Å². The highest BCUT2D eigenvalue weighted by atomic mass is 32.2. The van der Waals surface area contributed by atoms with Crippen LogP contribution in [0.15, 0.2) is 29.2 Å². The van der Waals surface area contributed by atoms with Crippen molar-refractivity contribution in [1.29, 1.82) is 0 Å². The predicted molar refractivity (Wildman–Crippen MR) is 96.4 cm³/mol. The molecule has 2 fully saturated rings. The molecule has 1 atom stereocenters. The minimum atomic E-state index is -3.38. The summed E-state index contributed by atoms with van der Waals surface area (Å²) in [4.78, 5) is 2.98. The van der Waals surface area contributed by atoms with Gasteiger partial charge in [-0.2, -0.15) is 11.8 Å². The number of thioether (sulfide) groups is 1. The average molecular weight is 355 g/mol. The zero-order valence-electron chi connectivity index (χ0n) is 13.7. The van der Waals surface area contributed by atoms with E-state index in [2.05, 4.69) is 21.4 Å². The Morgan fingerprint density at radius 1 is 1.26 bits per heavy atom. The molecule has 23 heavy (non-hydrogen) atoms. The molecular formula is C17H26N2O2S2. The van der Waals surface area contributed by atoms with Crippen LogP contribution in [0.3, 0.4) is 0 Å². The summed E-state index contributed by atoms with van der Waals surface area (Å²) in [5, 5.41) is 0. The number of hydrogen-bond acceptors (Lipinski definition) is 4. The molecule has 3 rings (SSSR count). The molecule has 2 saturated heterocycles. The highest BCUT2D eigenvalue weighted by molar-refractivity contribution is 7.99. The zero-order valence-corrected chi connectivity index (χ0v) is 15.3. The van der Waals surface area contributed by atoms with E-state index < -0.39 is 10.0 Å². The lowest BCUT2D eigenvalue weighted by molar-refractivity contribution is 0.145. The van der Waals surface area contributed by atoms with E-state index in [1.165, 1.54) is 17.9 Å². The molecule has 2 aliphatic heterocycles. The predicted octanol–water partition coefficient (Wildman–Crippen LogP) is 2.49. The van der Waals surface area contributed by atoms with E-state index >= 15 is 0 Å². The van der Waals surface area contributed by atoms with E-state index in [0.29, 0.717) is 17.4 Å². The van der Waals surface area contributed by atoms with Crippen molar-refractivity contribution in [1.82, 2.24) is 9.62 Å². The molecule has 1 N–H and O–H groups in total. The molecule has 1 aromatic carbocycles. The molecule has 0 spiro atoms. The molecular weight excluding hydrogens is 328 g/mol. The average Bonchev–Trinajstić information content (AvgIpc) is 3.08. The topological polar surface area (TPSA) is 49.4 Å². The molecule has 1 aromatic rings. The summed E-state index contributed by atoms with van der Waals surface area (Å²) in [5.41, 5.74) is 0.968. The van der Waals surface area contributed by atoms with Crippen molar-refractivity contribution in [2.24, 2.45) is 5.92 Å². The highest BCUT2D eigenvalue weighted by Crippen LogP contribution is 2.26. The number of likely N-dealkylation sites (tertiary alicyclic amines) is 1. The maximum Gasteiger partial charge on any atom is 0.240 e. The number of nitrogens with zero attached hydrogens (tertiary/aromatic N) is 1. The molecule has 0 saturated carbocycles. The van der Waals surface area contributed by atoms with Gasteiger partial charge in [-0.15, -0.1) is 0 Å². The van der Waals surface area contributed by atoms with Crippen molar-refractivity contribution in [3.63, 3.8) is 0 Å². The third-order valence-corrected chi connectivity index (χ3v) is 7.50. The summed E-state index contributed by atoms with van der Waals surface area (Å²) in [6.45, 7) is 4.70. The van der Waals surface area contributed by atoms with Crippen LogP contribution in [-0.2, 0) is 10.0 Å². The third-order valence-electron chi connectivity index (χ3n) is 4.93. The van der Waals surface area contributed by atoms with Crippen LogP contribution in [0.25, 0.3) is 0 Å². The summed E-state index contributed by atoms with van der Waals surface area (Å²) < 4.78 is 27.6. The molecule has 128 valence electrons. The standard InChI is InChI=1S/C17H26N2O2S2/c1-14-3-2-4-17(11-14)23(20,21)18-12-15-5-8-19(9-6-15)16-7-10-22-13-16/h2-4,11,15-16,18H,5-10,12-13H2,1H3. The molecule has 2 heterocycles. The fourth-order valence-corrected chi connectivity index (χ4v) is 5.90. The Balaban J connectivity index is 1.49. The van der Waals surface area contributed by atoms with Gasteiger partial charge in [-0.3, -0.25) is 4.90 Å². The Morgan fingerprint density at radius 3 is 2.70 bits per heavy atom. The first kappa shape index (κ1) is 17.3. The lowest BCUT2D eigenvalue weighted by Crippen LogP contribution is -2.43. The fraction of sp³-hybridized carbons (Fsp3) is 0.647. The van der Waals surface area contributed by atoms with Crippen molar-refractivity contribution in [2.45, 2.75) is 37.1 Å². The van der Waals surface area contributed by atoms with Gasteiger partial charge in [0.25, 0.3) is 0 Å². The highest BCUT2D eigenvalue weighted by Gasteiger charge is 2.28. The second-order valence-corrected chi connectivity index (χ2v) is 9.58. The van der Waals surface area contributed by atoms with Crippen LogP contribution in [0.4, 0.5) is 0 Å². The largest absolute Gasteiger partial charge is 0.300 e. The summed E-state index contributed by atoms with van der Waals surface area (Å²) in [5.74, 6) is 3.02. The number of nitrogens with one attached hydrogen (secondary N) is 1. The lowest BCUT2D eigenvalue weighted by Gasteiger charge is -2.35. The van der Waals surface area contributed by atoms with Gasteiger partial charge in [-0.05, 0) is 68.6 Å². The Bertz CT molecular complexity index is 619. The quantitative estimate of drug-likeness (QED) is 0.883. The van der Waals surface area contributed by atoms with E-state index in [1.807, 2.05) is 13.0 Å². The smallest absolute Gasteiger partial charge is 0.240 e. The van der Waals surface area contributed by atoms with Gasteiger partial charge in [0.15, 0.2) is 0 Å². The number of aryl methyl sites for hydroxylation is 1. The lowest BCUT2D eigenvalue weighted by atomic mass is 9.96. The van der Waals surface area contributed by atoms with Crippen LogP contribution in [0.5, 0.6) is 0 Å². The molecule has 0 radical (unpaired) electrons. The molecule has 6 heteroatoms. The monoisotopic (exact) mass is 354 g/mol. The maximum absolute atomic E-state index is 12.4. The minimum absolute atomic E-state index is 0.373. The number of piperidine rings is 1. The minimum Gasteiger partial charge on any atom is -0.300 e. The number of benzene rings is 1. The molecule has 0 aliphatic carbocycles. The summed E-state index contributed by atoms with van der Waals surface area (Å²) in [7, 11) is -3.38. The Morgan fingerprint density at radius 2 is 2.04 bits per heavy atom. The summed E-state index contributed by atoms with van der Waals surface area (Å²) in [6.07, 6.45) is 3.50. The first-order valence-electron chi connectivity index (χ1n) is 8.43. The number of hydrogen-bond donors (Lipinski definition) is 1. The van der Waals surface area contributed by atoms with Gasteiger partial charge in [0.1, 0.15) is 0 Å². The normalized spacial score (nSPS) is 24.1. The summed E-state index contributed by atoms with van der Waals surface area (Å²) >= 11 is 2.06. The Hall–Kier alpha value is -0.560. The van der Waals surface area contributed by atoms with Crippen LogP contribution in [0.1, 0.15) is 24.8 Å². The number of sulfonamides is 1. The molecule has 2 aliphatic rings. The van der Waals surface area contributed by atoms with Crippen molar-refractivity contribution in [3.8, 4) is 0 Å². The van der Waals surface area contributed by atoms with E-state index in [0.717, 1.165) is 37.5 Å². The van der Waals surface area contributed by atoms with Gasteiger partial charge in [0, 0.05) is 18.3 Å². The SMILES string of the molecule is Cc1cccc(S(=O)(=O)NCC2CCN(C3CCSC3)CC2)c1. The van der Waals surface area contributed by atoms with Gasteiger partial charge < -0.3 is 0 Å². The van der Waals surface area contributed by atoms with Gasteiger partial charge in [0.05, 0.1) is 4.90 Å². The van der Waals surface area contributed by atoms with E-state index in [1.54, 1.807) is 18.2 Å². The first-order chi connectivity index (χ1) is 11.0. The van der Waals surface area contributed by atoms with Gasteiger partial charge >= 0.3 is 0 Å². The van der Waals surface area contributed by atoms with Crippen LogP contribution in [0, 0.1) is 12.8 Å². The van der Waals surface area contributed by atoms with Crippen molar-refractivity contribution in [3.05, 3.63) is 29.8 Å². The Labute approximate surface area is 144 Å². The van der Waals surface area contributed by atoms with Crippen LogP contribution in [0.2, 0.25) is 0 Å². The van der Waals surface area contributed by atoms with E-state index in [-0.39, 0.29) is 0 Å². The first-order valence-corrected chi connectivity index (χ1v) is 11.1. The summed E-state index contributed by atoms with van der Waals surface area (Å²) in [6, 6.07) is 7.85. The Kier molecular flexibility index (Phi) is 5.67. The molecule has 0 bridgehead atoms. The van der Waals surface area contributed by atoms with Gasteiger partial charge in [-0.25, -0.2) is 13.1 Å². The maximum atomic E-state index is 12.4. The molecule has 0 amide bonds. The van der Waals surface area contributed by atoms with Crippen LogP contribution < -0.4 is 4.72 Å². The van der Waals surface area contributed by atoms with Gasteiger partial charge in [-0.1, -0.05) is 12.1 Å². The fourth-order valence-electron chi connectivity index (χ4n) is 3.43. The second-order valence-electron chi connectivity index (χ2n) is 6.67. The van der Waals surface area contributed by atoms with Crippen molar-refractivity contribution >= 4 is 21.8 Å². The van der Waals surface area contributed by atoms with Crippen molar-refractivity contribution in [2.75, 3.05) is 31.1 Å². The zero-order chi connectivity index (χ0) is 16.3. The third kappa shape index (κ3) is 4.50. The van der Waals surface area contributed by atoms with Gasteiger partial charge in [0.2, 0.25) is 10.0 Å². The second kappa shape index (κ2) is 7.55.